The molecule has 0 unspecified atom stereocenters. The zero-order valence-electron chi connectivity index (χ0n) is 16.4. The first-order valence-electron chi connectivity index (χ1n) is 9.21. The number of nitrogens with zero attached hydrogens (tertiary/aromatic N) is 3. The smallest absolute Gasteiger partial charge is 0.332 e. The number of benzene rings is 1. The van der Waals surface area contributed by atoms with Crippen LogP contribution >= 0.6 is 23.2 Å². The quantitative estimate of drug-likeness (QED) is 0.490. The average Bonchev–Trinajstić information content (AvgIpc) is 3.10. The van der Waals surface area contributed by atoms with Gasteiger partial charge >= 0.3 is 5.69 Å². The highest BCUT2D eigenvalue weighted by atomic mass is 35.5. The molecule has 0 atom stereocenters. The second-order valence-electron chi connectivity index (χ2n) is 7.17. The monoisotopic (exact) mass is 455 g/mol. The SMILES string of the molecule is CC(C)n1c(=O)ccc2c(-c3c(Cl)cc(-n4cc(C#N)c(=O)[nH]c4=O)cc3Cl)c[nH]c21. The Morgan fingerprint density at radius 3 is 2.39 bits per heavy atom. The molecule has 1 aromatic carbocycles. The zero-order chi connectivity index (χ0) is 22.4. The normalized spacial score (nSPS) is 11.2. The Labute approximate surface area is 184 Å². The molecule has 31 heavy (non-hydrogen) atoms. The second-order valence-corrected chi connectivity index (χ2v) is 7.98. The predicted octanol–water partition coefficient (Wildman–Crippen LogP) is 3.60. The summed E-state index contributed by atoms with van der Waals surface area (Å²) in [7, 11) is 0. The maximum Gasteiger partial charge on any atom is 0.332 e. The van der Waals surface area contributed by atoms with Gasteiger partial charge in [-0.2, -0.15) is 5.26 Å². The Hall–Kier alpha value is -3.54. The van der Waals surface area contributed by atoms with E-state index in [0.29, 0.717) is 16.8 Å². The van der Waals surface area contributed by atoms with Gasteiger partial charge in [0.05, 0.1) is 15.7 Å². The Kier molecular flexibility index (Phi) is 5.09. The van der Waals surface area contributed by atoms with Crippen LogP contribution in [0.2, 0.25) is 10.0 Å². The molecule has 3 aromatic heterocycles. The summed E-state index contributed by atoms with van der Waals surface area (Å²) in [5.41, 5.74) is 0.292. The molecule has 0 amide bonds. The van der Waals surface area contributed by atoms with Crippen molar-refractivity contribution >= 4 is 34.2 Å². The van der Waals surface area contributed by atoms with Gasteiger partial charge in [-0.3, -0.25) is 23.7 Å². The van der Waals surface area contributed by atoms with Crippen LogP contribution in [0.4, 0.5) is 0 Å². The lowest BCUT2D eigenvalue weighted by Gasteiger charge is -2.13. The maximum atomic E-state index is 12.3. The third-order valence-corrected chi connectivity index (χ3v) is 5.52. The molecule has 4 rings (SSSR count). The van der Waals surface area contributed by atoms with Crippen molar-refractivity contribution in [3.05, 3.63) is 83.5 Å². The van der Waals surface area contributed by atoms with E-state index in [2.05, 4.69) is 9.97 Å². The minimum absolute atomic E-state index is 0.0579. The molecule has 156 valence electrons. The number of hydrogen-bond donors (Lipinski definition) is 2. The minimum atomic E-state index is -0.771. The molecule has 0 radical (unpaired) electrons. The fourth-order valence-corrected chi connectivity index (χ4v) is 4.23. The van der Waals surface area contributed by atoms with Gasteiger partial charge in [0, 0.05) is 41.0 Å². The first kappa shape index (κ1) is 20.7. The topological polar surface area (TPSA) is 116 Å². The van der Waals surface area contributed by atoms with Gasteiger partial charge in [0.15, 0.2) is 0 Å². The van der Waals surface area contributed by atoms with Crippen LogP contribution in [0.15, 0.2) is 51.0 Å². The molecule has 0 saturated heterocycles. The summed E-state index contributed by atoms with van der Waals surface area (Å²) in [6, 6.07) is 7.89. The molecule has 3 heterocycles. The van der Waals surface area contributed by atoms with Gasteiger partial charge < -0.3 is 4.98 Å². The average molecular weight is 456 g/mol. The summed E-state index contributed by atoms with van der Waals surface area (Å²) in [6.45, 7) is 3.82. The Morgan fingerprint density at radius 2 is 1.77 bits per heavy atom. The van der Waals surface area contributed by atoms with E-state index in [0.717, 1.165) is 16.2 Å². The molecule has 8 nitrogen and oxygen atoms in total. The predicted molar refractivity (Wildman–Crippen MR) is 119 cm³/mol. The van der Waals surface area contributed by atoms with Crippen molar-refractivity contribution in [3.8, 4) is 22.9 Å². The number of nitrogens with one attached hydrogen (secondary N) is 2. The summed E-state index contributed by atoms with van der Waals surface area (Å²) in [5, 5.41) is 10.3. The van der Waals surface area contributed by atoms with Crippen LogP contribution in [-0.2, 0) is 0 Å². The lowest BCUT2D eigenvalue weighted by atomic mass is 10.0. The van der Waals surface area contributed by atoms with Crippen LogP contribution in [-0.4, -0.2) is 19.1 Å². The van der Waals surface area contributed by atoms with Crippen LogP contribution in [0, 0.1) is 11.3 Å². The highest BCUT2D eigenvalue weighted by Gasteiger charge is 2.18. The fraction of sp³-hybridized carbons (Fsp3) is 0.143. The number of fused-ring (bicyclic) bond motifs is 1. The minimum Gasteiger partial charge on any atom is -0.347 e. The van der Waals surface area contributed by atoms with Crippen LogP contribution in [0.3, 0.4) is 0 Å². The van der Waals surface area contributed by atoms with E-state index in [1.54, 1.807) is 22.9 Å². The summed E-state index contributed by atoms with van der Waals surface area (Å²) in [4.78, 5) is 41.4. The number of hydrogen-bond acceptors (Lipinski definition) is 4. The van der Waals surface area contributed by atoms with Gasteiger partial charge in [0.2, 0.25) is 0 Å². The molecule has 0 spiro atoms. The summed E-state index contributed by atoms with van der Waals surface area (Å²) in [6.07, 6.45) is 2.85. The van der Waals surface area contributed by atoms with Gasteiger partial charge in [0.1, 0.15) is 17.3 Å². The van der Waals surface area contributed by atoms with Crippen molar-refractivity contribution in [2.75, 3.05) is 0 Å². The molecule has 2 N–H and O–H groups in total. The van der Waals surface area contributed by atoms with Crippen molar-refractivity contribution in [2.45, 2.75) is 19.9 Å². The maximum absolute atomic E-state index is 12.3. The number of nitriles is 1. The number of halogens is 2. The van der Waals surface area contributed by atoms with Crippen LogP contribution in [0.25, 0.3) is 27.8 Å². The summed E-state index contributed by atoms with van der Waals surface area (Å²) < 4.78 is 2.73. The number of aromatic amines is 2. The largest absolute Gasteiger partial charge is 0.347 e. The fourth-order valence-electron chi connectivity index (χ4n) is 3.55. The molecule has 10 heteroatoms. The second kappa shape index (κ2) is 7.61. The number of rotatable bonds is 3. The third-order valence-electron chi connectivity index (χ3n) is 4.92. The summed E-state index contributed by atoms with van der Waals surface area (Å²) in [5.74, 6) is 0. The van der Waals surface area contributed by atoms with E-state index in [4.69, 9.17) is 28.5 Å². The van der Waals surface area contributed by atoms with E-state index in [1.807, 2.05) is 13.8 Å². The van der Waals surface area contributed by atoms with Gasteiger partial charge in [-0.05, 0) is 32.0 Å². The molecule has 0 fully saturated rings. The molecular formula is C21H15Cl2N5O3. The molecule has 0 aliphatic carbocycles. The zero-order valence-corrected chi connectivity index (χ0v) is 17.9. The van der Waals surface area contributed by atoms with E-state index >= 15 is 0 Å². The molecule has 0 saturated carbocycles. The highest BCUT2D eigenvalue weighted by Crippen LogP contribution is 2.40. The molecule has 4 aromatic rings. The van der Waals surface area contributed by atoms with E-state index < -0.39 is 11.2 Å². The van der Waals surface area contributed by atoms with Crippen LogP contribution < -0.4 is 16.8 Å². The Bertz CT molecular complexity index is 1540. The van der Waals surface area contributed by atoms with E-state index in [1.165, 1.54) is 18.2 Å². The van der Waals surface area contributed by atoms with Gasteiger partial charge in [-0.1, -0.05) is 23.2 Å². The van der Waals surface area contributed by atoms with Crippen molar-refractivity contribution < 1.29 is 0 Å². The van der Waals surface area contributed by atoms with Crippen LogP contribution in [0.5, 0.6) is 0 Å². The van der Waals surface area contributed by atoms with Crippen molar-refractivity contribution in [2.24, 2.45) is 0 Å². The standard InChI is InChI=1S/C21H15Cl2N5O3/c1-10(2)28-17(29)4-3-13-14(8-25-19(13)28)18-15(22)5-12(6-16(18)23)27-9-11(7-24)20(30)26-21(27)31/h3-6,8-10,25H,1-2H3,(H,26,30,31). The lowest BCUT2D eigenvalue weighted by molar-refractivity contribution is 0.596. The van der Waals surface area contributed by atoms with E-state index in [9.17, 15) is 14.4 Å². The lowest BCUT2D eigenvalue weighted by Crippen LogP contribution is -2.30. The van der Waals surface area contributed by atoms with E-state index in [-0.39, 0.29) is 32.9 Å². The van der Waals surface area contributed by atoms with Gasteiger partial charge in [-0.15, -0.1) is 0 Å². The van der Waals surface area contributed by atoms with Gasteiger partial charge in [0.25, 0.3) is 11.1 Å². The highest BCUT2D eigenvalue weighted by molar-refractivity contribution is 6.40. The van der Waals surface area contributed by atoms with Crippen molar-refractivity contribution in [1.29, 1.82) is 5.26 Å². The summed E-state index contributed by atoms with van der Waals surface area (Å²) >= 11 is 13.1. The molecule has 0 aliphatic rings. The number of H-pyrrole nitrogens is 2. The number of pyridine rings is 1. The van der Waals surface area contributed by atoms with Gasteiger partial charge in [-0.25, -0.2) is 4.79 Å². The van der Waals surface area contributed by atoms with Crippen molar-refractivity contribution in [3.63, 3.8) is 0 Å². The Balaban J connectivity index is 1.94. The molecule has 0 bridgehead atoms. The number of aromatic nitrogens is 4. The van der Waals surface area contributed by atoms with Crippen molar-refractivity contribution in [1.82, 2.24) is 19.1 Å². The Morgan fingerprint density at radius 1 is 1.10 bits per heavy atom. The third kappa shape index (κ3) is 3.38. The first-order valence-corrected chi connectivity index (χ1v) is 9.97. The molecular weight excluding hydrogens is 441 g/mol. The first-order chi connectivity index (χ1) is 14.7. The van der Waals surface area contributed by atoms with Crippen LogP contribution in [0.1, 0.15) is 25.5 Å². The molecule has 0 aliphatic heterocycles.